The molecule has 0 spiro atoms. The van der Waals surface area contributed by atoms with Gasteiger partial charge in [0.25, 0.3) is 5.91 Å². The largest absolute Gasteiger partial charge is 0.319 e. The quantitative estimate of drug-likeness (QED) is 0.449. The Morgan fingerprint density at radius 3 is 2.00 bits per heavy atom. The molecule has 0 heterocycles. The van der Waals surface area contributed by atoms with E-state index in [1.807, 2.05) is 0 Å². The molecule has 0 aromatic rings. The molecule has 0 aromatic carbocycles. The van der Waals surface area contributed by atoms with E-state index in [-0.39, 0.29) is 5.37 Å². The van der Waals surface area contributed by atoms with Crippen LogP contribution in [0.15, 0.2) is 4.36 Å². The van der Waals surface area contributed by atoms with E-state index >= 15 is 0 Å². The van der Waals surface area contributed by atoms with Crippen molar-refractivity contribution in [2.75, 3.05) is 0 Å². The third-order valence-electron chi connectivity index (χ3n) is 0.362. The Hall–Kier alpha value is -1.02. The van der Waals surface area contributed by atoms with Gasteiger partial charge in [0.2, 0.25) is 10.3 Å². The Morgan fingerprint density at radius 1 is 1.20 bits per heavy atom. The maximum atomic E-state index is 10.1. The lowest BCUT2D eigenvalue weighted by molar-refractivity contribution is -0.111. The molecule has 8 heteroatoms. The Morgan fingerprint density at radius 2 is 1.70 bits per heavy atom. The van der Waals surface area contributed by atoms with E-state index in [0.29, 0.717) is 0 Å². The lowest BCUT2D eigenvalue weighted by atomic mass is 10.8. The fraction of sp³-hybridized carbons (Fsp3) is 0. The first-order chi connectivity index (χ1) is 4.52. The summed E-state index contributed by atoms with van der Waals surface area (Å²) < 4.78 is 40.8. The highest BCUT2D eigenvalue weighted by molar-refractivity contribution is 7.73. The first kappa shape index (κ1) is 8.98. The van der Waals surface area contributed by atoms with Crippen molar-refractivity contribution >= 4 is 32.1 Å². The van der Waals surface area contributed by atoms with E-state index in [9.17, 15) is 21.6 Å². The number of hydrogen-bond acceptors (Lipinski definition) is 5. The summed E-state index contributed by atoms with van der Waals surface area (Å²) in [4.78, 5) is 10.1. The van der Waals surface area contributed by atoms with Crippen LogP contribution in [0.25, 0.3) is 0 Å². The van der Waals surface area contributed by atoms with Gasteiger partial charge in [-0.25, -0.2) is 0 Å². The molecular formula is C2HNO5S2. The fourth-order valence-electron chi connectivity index (χ4n) is 0.177. The monoisotopic (exact) mass is 183 g/mol. The molecule has 0 fully saturated rings. The first-order valence-corrected chi connectivity index (χ1v) is 3.97. The average molecular weight is 183 g/mol. The highest BCUT2D eigenvalue weighted by Gasteiger charge is 1.91. The lowest BCUT2D eigenvalue weighted by Gasteiger charge is -1.65. The molecule has 0 bridgehead atoms. The van der Waals surface area contributed by atoms with Gasteiger partial charge in [0.1, 0.15) is 5.37 Å². The van der Waals surface area contributed by atoms with Crippen molar-refractivity contribution in [3.8, 4) is 0 Å². The van der Waals surface area contributed by atoms with E-state index in [0.717, 1.165) is 0 Å². The predicted octanol–water partition coefficient (Wildman–Crippen LogP) is -1.74. The maximum absolute atomic E-state index is 10.1. The topological polar surface area (TPSA) is 97.7 Å². The molecule has 0 saturated carbocycles. The fourth-order valence-corrected chi connectivity index (χ4v) is 0.661. The van der Waals surface area contributed by atoms with Gasteiger partial charge in [-0.1, -0.05) is 4.36 Å². The van der Waals surface area contributed by atoms with Crippen LogP contribution in [0.3, 0.4) is 0 Å². The van der Waals surface area contributed by atoms with Crippen LogP contribution in [0.1, 0.15) is 0 Å². The molecule has 0 aliphatic heterocycles. The van der Waals surface area contributed by atoms with E-state index in [4.69, 9.17) is 0 Å². The zero-order valence-electron chi connectivity index (χ0n) is 4.38. The second kappa shape index (κ2) is 3.90. The van der Waals surface area contributed by atoms with Crippen molar-refractivity contribution in [2.24, 2.45) is 4.36 Å². The summed E-state index contributed by atoms with van der Waals surface area (Å²) in [5.74, 6) is -1.32. The third kappa shape index (κ3) is 5.12. The standard InChI is InChI=1S/C2HNO5S2/c4-2(1-9(5)6)3-10(7)8/h1H. The van der Waals surface area contributed by atoms with Gasteiger partial charge >= 0.3 is 10.5 Å². The minimum atomic E-state index is -2.89. The van der Waals surface area contributed by atoms with Crippen LogP contribution >= 0.6 is 0 Å². The highest BCUT2D eigenvalue weighted by atomic mass is 32.2. The Labute approximate surface area is 58.7 Å². The highest BCUT2D eigenvalue weighted by Crippen LogP contribution is 1.65. The van der Waals surface area contributed by atoms with Crippen LogP contribution in [0.4, 0.5) is 0 Å². The minimum absolute atomic E-state index is 0.149. The molecule has 0 saturated heterocycles. The van der Waals surface area contributed by atoms with Gasteiger partial charge in [-0.15, -0.1) is 0 Å². The van der Waals surface area contributed by atoms with Gasteiger partial charge in [0.05, 0.1) is 0 Å². The van der Waals surface area contributed by atoms with Crippen molar-refractivity contribution in [1.29, 1.82) is 0 Å². The van der Waals surface area contributed by atoms with Crippen molar-refractivity contribution in [3.63, 3.8) is 0 Å². The zero-order chi connectivity index (χ0) is 8.15. The van der Waals surface area contributed by atoms with Gasteiger partial charge in [-0.2, -0.15) is 16.8 Å². The van der Waals surface area contributed by atoms with Crippen LogP contribution in [0, 0.1) is 0 Å². The number of rotatable bonds is 1. The molecule has 1 amide bonds. The normalized spacial score (nSPS) is 8.00. The molecule has 0 aliphatic rings. The summed E-state index contributed by atoms with van der Waals surface area (Å²) in [5, 5.41) is 0.149. The minimum Gasteiger partial charge on any atom is -0.265 e. The Bertz CT molecular complexity index is 329. The molecule has 10 heavy (non-hydrogen) atoms. The van der Waals surface area contributed by atoms with Gasteiger partial charge in [-0.05, 0) is 0 Å². The second-order valence-corrected chi connectivity index (χ2v) is 2.40. The Kier molecular flexibility index (Phi) is 3.51. The summed E-state index contributed by atoms with van der Waals surface area (Å²) in [6.45, 7) is 0. The summed E-state index contributed by atoms with van der Waals surface area (Å²) >= 11 is 0. The maximum Gasteiger partial charge on any atom is 0.319 e. The van der Waals surface area contributed by atoms with Gasteiger partial charge in [0, 0.05) is 0 Å². The molecule has 6 nitrogen and oxygen atoms in total. The van der Waals surface area contributed by atoms with E-state index < -0.39 is 26.7 Å². The Balaban J connectivity index is 4.78. The summed E-state index contributed by atoms with van der Waals surface area (Å²) in [7, 11) is -5.59. The molecular weight excluding hydrogens is 182 g/mol. The van der Waals surface area contributed by atoms with Crippen LogP contribution < -0.4 is 0 Å². The third-order valence-corrected chi connectivity index (χ3v) is 1.08. The zero-order valence-corrected chi connectivity index (χ0v) is 6.02. The molecule has 0 aromatic heterocycles. The van der Waals surface area contributed by atoms with Crippen LogP contribution in [0.5, 0.6) is 0 Å². The summed E-state index contributed by atoms with van der Waals surface area (Å²) in [6.07, 6.45) is 0. The van der Waals surface area contributed by atoms with Crippen LogP contribution in [-0.2, 0) is 25.6 Å². The van der Waals surface area contributed by atoms with Gasteiger partial charge in [-0.3, -0.25) is 4.79 Å². The second-order valence-electron chi connectivity index (χ2n) is 1.02. The molecule has 0 unspecified atom stereocenters. The number of carbonyl (C=O) groups is 1. The average Bonchev–Trinajstić information content (AvgIpc) is 1.58. The molecule has 56 valence electrons. The summed E-state index contributed by atoms with van der Waals surface area (Å²) in [6, 6.07) is 0. The predicted molar refractivity (Wildman–Crippen MR) is 31.3 cm³/mol. The number of carbonyl (C=O) groups excluding carboxylic acids is 1. The van der Waals surface area contributed by atoms with Crippen molar-refractivity contribution in [3.05, 3.63) is 0 Å². The van der Waals surface area contributed by atoms with Crippen molar-refractivity contribution < 1.29 is 21.6 Å². The van der Waals surface area contributed by atoms with Crippen molar-refractivity contribution in [2.45, 2.75) is 0 Å². The molecule has 0 N–H and O–H groups in total. The smallest absolute Gasteiger partial charge is 0.265 e. The van der Waals surface area contributed by atoms with E-state index in [2.05, 4.69) is 4.36 Å². The van der Waals surface area contributed by atoms with Crippen LogP contribution in [0.2, 0.25) is 0 Å². The van der Waals surface area contributed by atoms with E-state index in [1.165, 1.54) is 0 Å². The molecule has 0 aliphatic carbocycles. The van der Waals surface area contributed by atoms with Crippen LogP contribution in [-0.4, -0.2) is 28.1 Å². The van der Waals surface area contributed by atoms with Gasteiger partial charge < -0.3 is 0 Å². The first-order valence-electron chi connectivity index (χ1n) is 1.80. The number of nitrogens with zero attached hydrogens (tertiary/aromatic N) is 1. The van der Waals surface area contributed by atoms with E-state index in [1.54, 1.807) is 0 Å². The lowest BCUT2D eigenvalue weighted by Crippen LogP contribution is -1.93. The summed E-state index contributed by atoms with van der Waals surface area (Å²) in [5.41, 5.74) is 0. The number of hydrogen-bond donors (Lipinski definition) is 0. The molecule has 0 atom stereocenters. The number of amides is 1. The SMILES string of the molecule is O=C(C=S(=O)=O)N=S(=O)=O. The molecule has 0 radical (unpaired) electrons. The van der Waals surface area contributed by atoms with Crippen molar-refractivity contribution in [1.82, 2.24) is 0 Å². The van der Waals surface area contributed by atoms with Gasteiger partial charge in [0.15, 0.2) is 0 Å². The molecule has 0 rings (SSSR count).